The highest BCUT2D eigenvalue weighted by Gasteiger charge is 2.66. The van der Waals surface area contributed by atoms with Crippen molar-refractivity contribution in [2.75, 3.05) is 30.0 Å². The van der Waals surface area contributed by atoms with E-state index in [4.69, 9.17) is 4.74 Å². The molecule has 8 heteroatoms. The number of hydrogen-bond donors (Lipinski definition) is 1. The van der Waals surface area contributed by atoms with Crippen LogP contribution in [0.5, 0.6) is 0 Å². The Morgan fingerprint density at radius 3 is 2.67 bits per heavy atom. The first-order valence-corrected chi connectivity index (χ1v) is 13.8. The third-order valence-electron chi connectivity index (χ3n) is 7.12. The molecule has 4 rings (SSSR count). The van der Waals surface area contributed by atoms with E-state index in [2.05, 4.69) is 0 Å². The Balaban J connectivity index is 1.83. The summed E-state index contributed by atoms with van der Waals surface area (Å²) in [6.07, 6.45) is 2.15. The second kappa shape index (κ2) is 7.42. The minimum atomic E-state index is -3.18. The molecule has 0 bridgehead atoms. The minimum Gasteiger partial charge on any atom is -0.396 e. The van der Waals surface area contributed by atoms with Crippen LogP contribution in [-0.4, -0.2) is 51.6 Å². The molecular formula is C22H31FN2O4Si. The fraction of sp³-hybridized carbons (Fsp3) is 0.636. The second-order valence-corrected chi connectivity index (χ2v) is 13.1. The number of benzene rings is 1. The molecule has 2 saturated heterocycles. The second-order valence-electron chi connectivity index (χ2n) is 9.35. The number of likely N-dealkylation sites (N-methyl/N-ethyl adjacent to an activating group) is 1. The summed E-state index contributed by atoms with van der Waals surface area (Å²) in [5, 5.41) is 9.56. The van der Waals surface area contributed by atoms with Gasteiger partial charge in [0, 0.05) is 49.3 Å². The van der Waals surface area contributed by atoms with Crippen molar-refractivity contribution in [3.8, 4) is 0 Å². The Labute approximate surface area is 178 Å². The van der Waals surface area contributed by atoms with Crippen molar-refractivity contribution in [1.29, 1.82) is 0 Å². The van der Waals surface area contributed by atoms with Gasteiger partial charge in [0.15, 0.2) is 5.60 Å². The Kier molecular flexibility index (Phi) is 5.31. The van der Waals surface area contributed by atoms with Crippen LogP contribution >= 0.6 is 0 Å². The van der Waals surface area contributed by atoms with Gasteiger partial charge in [0.05, 0.1) is 11.8 Å². The maximum atomic E-state index is 15.4. The molecule has 164 valence electrons. The number of carbonyl (C=O) groups is 2. The summed E-state index contributed by atoms with van der Waals surface area (Å²) < 4.78 is 21.8. The lowest BCUT2D eigenvalue weighted by Gasteiger charge is -2.32. The lowest BCUT2D eigenvalue weighted by atomic mass is 9.82. The normalized spacial score (nSPS) is 31.7. The number of hydrogen-bond acceptors (Lipinski definition) is 4. The smallest absolute Gasteiger partial charge is 0.264 e. The molecule has 0 unspecified atom stereocenters. The van der Waals surface area contributed by atoms with E-state index in [1.807, 2.05) is 25.1 Å². The third-order valence-corrected chi connectivity index (χ3v) is 9.58. The predicted octanol–water partition coefficient (Wildman–Crippen LogP) is 3.34. The highest BCUT2D eigenvalue weighted by atomic mass is 28.4. The molecule has 2 amide bonds. The molecule has 0 aromatic heterocycles. The van der Waals surface area contributed by atoms with Crippen LogP contribution in [0.3, 0.4) is 0 Å². The molecule has 3 aliphatic heterocycles. The summed E-state index contributed by atoms with van der Waals surface area (Å²) in [7, 11) is -1.47. The molecule has 1 aromatic rings. The van der Waals surface area contributed by atoms with E-state index in [0.717, 1.165) is 24.2 Å². The highest BCUT2D eigenvalue weighted by molar-refractivity contribution is 6.72. The minimum absolute atomic E-state index is 0.0849. The van der Waals surface area contributed by atoms with Gasteiger partial charge in [0.1, 0.15) is 0 Å². The Morgan fingerprint density at radius 2 is 2.03 bits per heavy atom. The van der Waals surface area contributed by atoms with Crippen molar-refractivity contribution in [1.82, 2.24) is 0 Å². The zero-order valence-corrected chi connectivity index (χ0v) is 19.2. The summed E-state index contributed by atoms with van der Waals surface area (Å²) in [5.41, 5.74) is 0.521. The standard InChI is InChI=1S/C22H31FN2O4Si/c1-14-20(30(3,4)23)18(10-12-26)29-22(14)16-13-15(25-11-6-5-7-19(25)27)8-9-17(16)24(2)21(22)28/h8-9,13-14,18,20,26H,5-7,10-12H2,1-4H3/t14-,18+,20-,22+/m1/s1. The van der Waals surface area contributed by atoms with Crippen LogP contribution in [-0.2, 0) is 19.9 Å². The molecule has 1 N–H and O–H groups in total. The van der Waals surface area contributed by atoms with Gasteiger partial charge < -0.3 is 23.8 Å². The molecule has 1 aromatic carbocycles. The third kappa shape index (κ3) is 3.03. The van der Waals surface area contributed by atoms with Gasteiger partial charge >= 0.3 is 0 Å². The van der Waals surface area contributed by atoms with Crippen molar-refractivity contribution in [2.24, 2.45) is 5.92 Å². The van der Waals surface area contributed by atoms with E-state index in [9.17, 15) is 14.7 Å². The molecule has 0 saturated carbocycles. The topological polar surface area (TPSA) is 70.1 Å². The number of nitrogens with zero attached hydrogens (tertiary/aromatic N) is 2. The molecule has 3 heterocycles. The van der Waals surface area contributed by atoms with Crippen molar-refractivity contribution in [3.63, 3.8) is 0 Å². The zero-order chi connectivity index (χ0) is 21.8. The van der Waals surface area contributed by atoms with E-state index in [1.165, 1.54) is 0 Å². The van der Waals surface area contributed by atoms with Crippen LogP contribution < -0.4 is 9.80 Å². The quantitative estimate of drug-likeness (QED) is 0.583. The van der Waals surface area contributed by atoms with Crippen LogP contribution in [0.1, 0.15) is 38.2 Å². The van der Waals surface area contributed by atoms with Crippen LogP contribution in [0.25, 0.3) is 0 Å². The first-order valence-electron chi connectivity index (χ1n) is 10.8. The lowest BCUT2D eigenvalue weighted by Crippen LogP contribution is -2.44. The van der Waals surface area contributed by atoms with Crippen molar-refractivity contribution >= 4 is 31.6 Å². The summed E-state index contributed by atoms with van der Waals surface area (Å²) >= 11 is 0. The maximum absolute atomic E-state index is 15.4. The summed E-state index contributed by atoms with van der Waals surface area (Å²) in [4.78, 5) is 29.3. The Bertz CT molecular complexity index is 873. The maximum Gasteiger partial charge on any atom is 0.264 e. The fourth-order valence-electron chi connectivity index (χ4n) is 5.78. The predicted molar refractivity (Wildman–Crippen MR) is 116 cm³/mol. The number of anilines is 2. The van der Waals surface area contributed by atoms with Crippen LogP contribution in [0.15, 0.2) is 18.2 Å². The van der Waals surface area contributed by atoms with Crippen molar-refractivity contribution in [2.45, 2.75) is 62.9 Å². The molecule has 4 atom stereocenters. The Morgan fingerprint density at radius 1 is 1.30 bits per heavy atom. The van der Waals surface area contributed by atoms with Crippen molar-refractivity contribution < 1.29 is 23.5 Å². The van der Waals surface area contributed by atoms with E-state index >= 15 is 4.11 Å². The molecule has 0 radical (unpaired) electrons. The summed E-state index contributed by atoms with van der Waals surface area (Å²) in [5.74, 6) is -0.485. The fourth-order valence-corrected chi connectivity index (χ4v) is 8.33. The molecule has 1 spiro atoms. The number of halogens is 1. The van der Waals surface area contributed by atoms with Gasteiger partial charge in [-0.05, 0) is 50.6 Å². The van der Waals surface area contributed by atoms with Gasteiger partial charge in [-0.3, -0.25) is 9.59 Å². The van der Waals surface area contributed by atoms with E-state index < -0.39 is 25.7 Å². The SMILES string of the molecule is C[C@@H]1[C@@H]([Si](C)(C)F)[C@H](CCO)O[C@@]12C(=O)N(C)c1ccc(N3CCCCC3=O)cc12. The largest absolute Gasteiger partial charge is 0.396 e. The number of amides is 2. The first kappa shape index (κ1) is 21.5. The molecule has 3 aliphatic rings. The summed E-state index contributed by atoms with van der Waals surface area (Å²) in [6, 6.07) is 5.63. The van der Waals surface area contributed by atoms with Gasteiger partial charge in [-0.25, -0.2) is 0 Å². The lowest BCUT2D eigenvalue weighted by molar-refractivity contribution is -0.146. The number of piperidine rings is 1. The molecule has 6 nitrogen and oxygen atoms in total. The monoisotopic (exact) mass is 434 g/mol. The number of aliphatic hydroxyl groups excluding tert-OH is 1. The van der Waals surface area contributed by atoms with Gasteiger partial charge in [-0.1, -0.05) is 6.92 Å². The number of ether oxygens (including phenoxy) is 1. The first-order chi connectivity index (χ1) is 14.1. The number of rotatable bonds is 4. The molecule has 0 aliphatic carbocycles. The molecule has 2 fully saturated rings. The average molecular weight is 435 g/mol. The summed E-state index contributed by atoms with van der Waals surface area (Å²) in [6.45, 7) is 5.73. The van der Waals surface area contributed by atoms with E-state index in [1.54, 1.807) is 29.9 Å². The van der Waals surface area contributed by atoms with E-state index in [0.29, 0.717) is 24.9 Å². The Hall–Kier alpha value is -1.77. The molecular weight excluding hydrogens is 403 g/mol. The van der Waals surface area contributed by atoms with Gasteiger partial charge in [0.25, 0.3) is 5.91 Å². The van der Waals surface area contributed by atoms with E-state index in [-0.39, 0.29) is 24.3 Å². The number of fused-ring (bicyclic) bond motifs is 2. The van der Waals surface area contributed by atoms with Gasteiger partial charge in [-0.15, -0.1) is 0 Å². The van der Waals surface area contributed by atoms with Gasteiger partial charge in [0.2, 0.25) is 14.3 Å². The average Bonchev–Trinajstić information content (AvgIpc) is 3.10. The van der Waals surface area contributed by atoms with Crippen LogP contribution in [0.2, 0.25) is 18.6 Å². The van der Waals surface area contributed by atoms with Crippen LogP contribution in [0.4, 0.5) is 15.5 Å². The van der Waals surface area contributed by atoms with Gasteiger partial charge in [-0.2, -0.15) is 0 Å². The van der Waals surface area contributed by atoms with Crippen LogP contribution in [0, 0.1) is 5.92 Å². The number of carbonyl (C=O) groups excluding carboxylic acids is 2. The van der Waals surface area contributed by atoms with Crippen molar-refractivity contribution in [3.05, 3.63) is 23.8 Å². The zero-order valence-electron chi connectivity index (χ0n) is 18.2. The molecule has 30 heavy (non-hydrogen) atoms. The highest BCUT2D eigenvalue weighted by Crippen LogP contribution is 2.60. The number of aliphatic hydroxyl groups is 1.